The van der Waals surface area contributed by atoms with E-state index in [1.54, 1.807) is 55.6 Å². The molecule has 0 bridgehead atoms. The number of ketones is 1. The fraction of sp³-hybridized carbons (Fsp3) is 0.0625. The van der Waals surface area contributed by atoms with Crippen molar-refractivity contribution in [1.29, 1.82) is 0 Å². The summed E-state index contributed by atoms with van der Waals surface area (Å²) in [6, 6.07) is 13.1. The molecule has 5 nitrogen and oxygen atoms in total. The molecule has 1 amide bonds. The van der Waals surface area contributed by atoms with Gasteiger partial charge in [-0.2, -0.15) is 4.74 Å². The molecular formula is C16H12N2O3. The molecule has 0 spiro atoms. The highest BCUT2D eigenvalue weighted by atomic mass is 16.5. The topological polar surface area (TPSA) is 72.2 Å². The fourth-order valence-corrected chi connectivity index (χ4v) is 2.36. The van der Waals surface area contributed by atoms with E-state index in [1.807, 2.05) is 0 Å². The van der Waals surface area contributed by atoms with Crippen LogP contribution in [0.15, 0.2) is 48.5 Å². The van der Waals surface area contributed by atoms with Crippen LogP contribution in [0.4, 0.5) is 5.69 Å². The molecule has 2 aromatic rings. The van der Waals surface area contributed by atoms with Gasteiger partial charge in [-0.05, 0) is 30.3 Å². The molecular weight excluding hydrogens is 268 g/mol. The minimum atomic E-state index is -0.298. The molecule has 1 N–H and O–H groups in total. The highest BCUT2D eigenvalue weighted by Crippen LogP contribution is 2.27. The summed E-state index contributed by atoms with van der Waals surface area (Å²) in [4.78, 5) is 23.8. The maximum atomic E-state index is 12.3. The third-order valence-corrected chi connectivity index (χ3v) is 3.43. The molecule has 0 radical (unpaired) electrons. The van der Waals surface area contributed by atoms with Crippen molar-refractivity contribution < 1.29 is 14.3 Å². The van der Waals surface area contributed by atoms with Crippen LogP contribution >= 0.6 is 0 Å². The zero-order chi connectivity index (χ0) is 15.0. The van der Waals surface area contributed by atoms with Crippen LogP contribution in [-0.4, -0.2) is 29.2 Å². The summed E-state index contributed by atoms with van der Waals surface area (Å²) in [6.45, 7) is 0. The minimum absolute atomic E-state index is 0.0830. The van der Waals surface area contributed by atoms with Crippen LogP contribution in [0.2, 0.25) is 0 Å². The van der Waals surface area contributed by atoms with Gasteiger partial charge < -0.3 is 10.5 Å². The molecule has 0 saturated carbocycles. The lowest BCUT2D eigenvalue weighted by molar-refractivity contribution is -0.355. The van der Waals surface area contributed by atoms with E-state index >= 15 is 0 Å². The number of amides is 1. The minimum Gasteiger partial charge on any atom is -0.618 e. The van der Waals surface area contributed by atoms with Crippen molar-refractivity contribution in [2.24, 2.45) is 0 Å². The Hall–Kier alpha value is -2.95. The number of nitrogens with zero attached hydrogens (tertiary/aromatic N) is 1. The average molecular weight is 280 g/mol. The predicted octanol–water partition coefficient (Wildman–Crippen LogP) is 1.87. The van der Waals surface area contributed by atoms with Crippen molar-refractivity contribution in [2.75, 3.05) is 7.05 Å². The van der Waals surface area contributed by atoms with Crippen molar-refractivity contribution in [2.45, 2.75) is 0 Å². The summed E-state index contributed by atoms with van der Waals surface area (Å²) in [5.74, 6) is -0.514. The third kappa shape index (κ3) is 1.99. The van der Waals surface area contributed by atoms with Crippen LogP contribution in [0.5, 0.6) is 0 Å². The van der Waals surface area contributed by atoms with Gasteiger partial charge in [0.1, 0.15) is 5.56 Å². The molecule has 1 aliphatic heterocycles. The number of fused-ring (bicyclic) bond motifs is 1. The Morgan fingerprint density at radius 1 is 1.10 bits per heavy atom. The molecule has 0 aliphatic carbocycles. The molecule has 0 atom stereocenters. The molecule has 3 rings (SSSR count). The predicted molar refractivity (Wildman–Crippen MR) is 78.0 cm³/mol. The first-order valence-electron chi connectivity index (χ1n) is 6.44. The summed E-state index contributed by atoms with van der Waals surface area (Å²) in [6.07, 6.45) is 0. The van der Waals surface area contributed by atoms with Gasteiger partial charge in [0.25, 0.3) is 17.4 Å². The van der Waals surface area contributed by atoms with Crippen LogP contribution in [0.25, 0.3) is 0 Å². The van der Waals surface area contributed by atoms with Crippen LogP contribution in [0.1, 0.15) is 26.3 Å². The number of hydrogen-bond donors (Lipinski definition) is 1. The van der Waals surface area contributed by atoms with E-state index in [9.17, 15) is 14.8 Å². The van der Waals surface area contributed by atoms with Crippen molar-refractivity contribution in [3.05, 3.63) is 70.4 Å². The summed E-state index contributed by atoms with van der Waals surface area (Å²) < 4.78 is 0.645. The molecule has 0 aromatic heterocycles. The Kier molecular flexibility index (Phi) is 3.02. The van der Waals surface area contributed by atoms with Crippen LogP contribution in [-0.2, 0) is 0 Å². The van der Waals surface area contributed by atoms with Gasteiger partial charge in [0.05, 0.1) is 5.56 Å². The Morgan fingerprint density at radius 2 is 1.76 bits per heavy atom. The summed E-state index contributed by atoms with van der Waals surface area (Å²) >= 11 is 0. The van der Waals surface area contributed by atoms with E-state index in [0.717, 1.165) is 0 Å². The summed E-state index contributed by atoms with van der Waals surface area (Å²) in [7, 11) is 1.54. The van der Waals surface area contributed by atoms with Gasteiger partial charge in [-0.15, -0.1) is 0 Å². The second-order valence-electron chi connectivity index (χ2n) is 4.65. The van der Waals surface area contributed by atoms with E-state index in [0.29, 0.717) is 27.1 Å². The molecule has 104 valence electrons. The molecule has 5 heteroatoms. The summed E-state index contributed by atoms with van der Waals surface area (Å²) in [5.41, 5.74) is 1.81. The van der Waals surface area contributed by atoms with Gasteiger partial charge in [0, 0.05) is 18.7 Å². The Balaban J connectivity index is 2.04. The van der Waals surface area contributed by atoms with Gasteiger partial charge >= 0.3 is 0 Å². The first-order valence-corrected chi connectivity index (χ1v) is 6.44. The highest BCUT2D eigenvalue weighted by Gasteiger charge is 2.36. The molecule has 2 aromatic carbocycles. The van der Waals surface area contributed by atoms with E-state index in [-0.39, 0.29) is 17.4 Å². The first-order chi connectivity index (χ1) is 10.1. The quantitative estimate of drug-likeness (QED) is 0.674. The highest BCUT2D eigenvalue weighted by molar-refractivity contribution is 6.52. The summed E-state index contributed by atoms with van der Waals surface area (Å²) in [5, 5.41) is 14.8. The number of carbonyl (C=O) groups is 2. The molecule has 0 fully saturated rings. The van der Waals surface area contributed by atoms with Crippen LogP contribution < -0.4 is 5.32 Å². The normalized spacial score (nSPS) is 13.3. The van der Waals surface area contributed by atoms with E-state index in [1.165, 1.54) is 0 Å². The lowest BCUT2D eigenvalue weighted by atomic mass is 10.0. The lowest BCUT2D eigenvalue weighted by Gasteiger charge is -2.03. The van der Waals surface area contributed by atoms with E-state index in [4.69, 9.17) is 0 Å². The maximum Gasteiger partial charge on any atom is 0.272 e. The zero-order valence-corrected chi connectivity index (χ0v) is 11.3. The van der Waals surface area contributed by atoms with Gasteiger partial charge in [0.15, 0.2) is 0 Å². The second-order valence-corrected chi connectivity index (χ2v) is 4.65. The largest absolute Gasteiger partial charge is 0.618 e. The first kappa shape index (κ1) is 13.1. The molecule has 21 heavy (non-hydrogen) atoms. The third-order valence-electron chi connectivity index (χ3n) is 3.43. The number of rotatable bonds is 2. The Labute approximate surface area is 121 Å². The van der Waals surface area contributed by atoms with Gasteiger partial charge in [-0.3, -0.25) is 9.59 Å². The van der Waals surface area contributed by atoms with Crippen molar-refractivity contribution in [3.63, 3.8) is 0 Å². The van der Waals surface area contributed by atoms with Gasteiger partial charge in [-0.25, -0.2) is 0 Å². The zero-order valence-electron chi connectivity index (χ0n) is 11.3. The molecule has 0 saturated heterocycles. The van der Waals surface area contributed by atoms with Crippen LogP contribution in [0.3, 0.4) is 0 Å². The molecule has 0 unspecified atom stereocenters. The number of para-hydroxylation sites is 1. The number of nitrogens with one attached hydrogen (secondary N) is 1. The number of carbonyl (C=O) groups excluding carboxylic acids is 2. The monoisotopic (exact) mass is 280 g/mol. The van der Waals surface area contributed by atoms with Crippen molar-refractivity contribution >= 4 is 23.1 Å². The van der Waals surface area contributed by atoms with E-state index in [2.05, 4.69) is 5.32 Å². The number of benzene rings is 2. The SMILES string of the molecule is CNC(=O)c1ccc(C2=[N+]([O-])c3ccccc3C2=O)cc1. The number of hydrogen-bond acceptors (Lipinski definition) is 3. The smallest absolute Gasteiger partial charge is 0.272 e. The van der Waals surface area contributed by atoms with Crippen molar-refractivity contribution in [1.82, 2.24) is 5.32 Å². The van der Waals surface area contributed by atoms with Crippen molar-refractivity contribution in [3.8, 4) is 0 Å². The van der Waals surface area contributed by atoms with Gasteiger partial charge in [0.2, 0.25) is 5.69 Å². The maximum absolute atomic E-state index is 12.3. The van der Waals surface area contributed by atoms with E-state index < -0.39 is 0 Å². The van der Waals surface area contributed by atoms with Gasteiger partial charge in [-0.1, -0.05) is 12.1 Å². The second kappa shape index (κ2) is 4.86. The molecule has 1 aliphatic rings. The average Bonchev–Trinajstić information content (AvgIpc) is 2.79. The number of Topliss-reactive ketones (excluding diaryl/α,β-unsaturated/α-hetero) is 1. The standard InChI is InChI=1S/C16H12N2O3/c1-17-16(20)11-8-6-10(7-9-11)14-15(19)12-4-2-3-5-13(12)18(14)21/h2-9H,1H3,(H,17,20). The van der Waals surface area contributed by atoms with Crippen LogP contribution in [0, 0.1) is 5.21 Å². The molecule has 1 heterocycles. The lowest BCUT2D eigenvalue weighted by Crippen LogP contribution is -2.19. The Morgan fingerprint density at radius 3 is 2.38 bits per heavy atom. The fourth-order valence-electron chi connectivity index (χ4n) is 2.36. The Bertz CT molecular complexity index is 776.